The molecule has 0 fully saturated rings. The molecule has 15 heavy (non-hydrogen) atoms. The second-order valence-electron chi connectivity index (χ2n) is 4.27. The predicted octanol–water partition coefficient (Wildman–Crippen LogP) is 2.37. The van der Waals surface area contributed by atoms with Crippen molar-refractivity contribution in [2.24, 2.45) is 11.8 Å². The fourth-order valence-electron chi connectivity index (χ4n) is 1.47. The number of aliphatic hydroxyl groups excluding tert-OH is 1. The maximum Gasteiger partial charge on any atom is 0.308 e. The lowest BCUT2D eigenvalue weighted by Crippen LogP contribution is -2.30. The van der Waals surface area contributed by atoms with Crippen LogP contribution >= 0.6 is 0 Å². The summed E-state index contributed by atoms with van der Waals surface area (Å²) < 4.78 is 5.40. The van der Waals surface area contributed by atoms with E-state index < -0.39 is 0 Å². The van der Waals surface area contributed by atoms with Crippen molar-refractivity contribution in [1.82, 2.24) is 0 Å². The van der Waals surface area contributed by atoms with E-state index in [1.165, 1.54) is 0 Å². The van der Waals surface area contributed by atoms with Crippen molar-refractivity contribution in [2.75, 3.05) is 6.61 Å². The number of hydrogen-bond acceptors (Lipinski definition) is 3. The molecule has 0 spiro atoms. The lowest BCUT2D eigenvalue weighted by Gasteiger charge is -2.25. The molecular weight excluding hydrogens is 192 g/mol. The van der Waals surface area contributed by atoms with Crippen LogP contribution in [0.3, 0.4) is 0 Å². The van der Waals surface area contributed by atoms with E-state index in [0.717, 1.165) is 19.3 Å². The van der Waals surface area contributed by atoms with Gasteiger partial charge in [0.25, 0.3) is 0 Å². The van der Waals surface area contributed by atoms with E-state index in [2.05, 4.69) is 6.92 Å². The molecule has 3 heteroatoms. The van der Waals surface area contributed by atoms with Crippen LogP contribution in [0.25, 0.3) is 0 Å². The smallest absolute Gasteiger partial charge is 0.308 e. The number of rotatable bonds is 7. The highest BCUT2D eigenvalue weighted by atomic mass is 16.5. The first kappa shape index (κ1) is 14.4. The minimum atomic E-state index is -0.166. The van der Waals surface area contributed by atoms with Gasteiger partial charge in [0.2, 0.25) is 0 Å². The van der Waals surface area contributed by atoms with E-state index in [4.69, 9.17) is 4.74 Å². The Labute approximate surface area is 92.8 Å². The zero-order valence-corrected chi connectivity index (χ0v) is 10.3. The van der Waals surface area contributed by atoms with Crippen molar-refractivity contribution in [1.29, 1.82) is 0 Å². The topological polar surface area (TPSA) is 46.5 Å². The van der Waals surface area contributed by atoms with Crippen LogP contribution in [0.2, 0.25) is 0 Å². The van der Waals surface area contributed by atoms with Crippen LogP contribution in [0.5, 0.6) is 0 Å². The Balaban J connectivity index is 4.31. The number of hydrogen-bond donors (Lipinski definition) is 1. The minimum Gasteiger partial charge on any atom is -0.462 e. The lowest BCUT2D eigenvalue weighted by molar-refractivity contribution is -0.157. The van der Waals surface area contributed by atoms with E-state index in [1.807, 2.05) is 20.8 Å². The summed E-state index contributed by atoms with van der Waals surface area (Å²) >= 11 is 0. The van der Waals surface area contributed by atoms with Gasteiger partial charge >= 0.3 is 5.97 Å². The van der Waals surface area contributed by atoms with Crippen LogP contribution in [0.15, 0.2) is 0 Å². The normalized spacial score (nSPS) is 15.1. The van der Waals surface area contributed by atoms with E-state index in [-0.39, 0.29) is 30.5 Å². The van der Waals surface area contributed by atoms with Gasteiger partial charge in [-0.1, -0.05) is 34.1 Å². The summed E-state index contributed by atoms with van der Waals surface area (Å²) in [6.07, 6.45) is 2.51. The van der Waals surface area contributed by atoms with Crippen molar-refractivity contribution in [2.45, 2.75) is 53.1 Å². The van der Waals surface area contributed by atoms with Gasteiger partial charge in [0.1, 0.15) is 6.10 Å². The van der Waals surface area contributed by atoms with Crippen LogP contribution in [0.4, 0.5) is 0 Å². The molecule has 0 saturated carbocycles. The zero-order chi connectivity index (χ0) is 11.8. The molecule has 0 aliphatic heterocycles. The molecule has 3 nitrogen and oxygen atoms in total. The van der Waals surface area contributed by atoms with Crippen molar-refractivity contribution >= 4 is 5.97 Å². The summed E-state index contributed by atoms with van der Waals surface area (Å²) in [5, 5.41) is 9.18. The van der Waals surface area contributed by atoms with Crippen LogP contribution in [-0.4, -0.2) is 23.8 Å². The first-order valence-corrected chi connectivity index (χ1v) is 5.88. The molecule has 0 radical (unpaired) electrons. The van der Waals surface area contributed by atoms with Crippen LogP contribution in [0, 0.1) is 11.8 Å². The maximum absolute atomic E-state index is 11.5. The van der Waals surface area contributed by atoms with Crippen molar-refractivity contribution < 1.29 is 14.6 Å². The Kier molecular flexibility index (Phi) is 7.39. The fraction of sp³-hybridized carbons (Fsp3) is 0.917. The van der Waals surface area contributed by atoms with Gasteiger partial charge in [0.15, 0.2) is 0 Å². The molecule has 0 aromatic heterocycles. The molecule has 0 amide bonds. The molecular formula is C12H24O3. The van der Waals surface area contributed by atoms with Gasteiger partial charge in [-0.2, -0.15) is 0 Å². The second-order valence-corrected chi connectivity index (χ2v) is 4.27. The molecule has 0 aliphatic carbocycles. The molecule has 1 N–H and O–H groups in total. The monoisotopic (exact) mass is 216 g/mol. The average Bonchev–Trinajstić information content (AvgIpc) is 2.19. The molecule has 2 unspecified atom stereocenters. The van der Waals surface area contributed by atoms with Gasteiger partial charge < -0.3 is 9.84 Å². The largest absolute Gasteiger partial charge is 0.462 e. The molecule has 0 heterocycles. The number of aliphatic hydroxyl groups is 1. The van der Waals surface area contributed by atoms with Gasteiger partial charge in [0, 0.05) is 12.5 Å². The van der Waals surface area contributed by atoms with Crippen LogP contribution < -0.4 is 0 Å². The molecule has 90 valence electrons. The highest BCUT2D eigenvalue weighted by Gasteiger charge is 2.23. The first-order chi connectivity index (χ1) is 7.06. The molecule has 0 rings (SSSR count). The Hall–Kier alpha value is -0.570. The first-order valence-electron chi connectivity index (χ1n) is 5.88. The van der Waals surface area contributed by atoms with Gasteiger partial charge in [-0.3, -0.25) is 4.79 Å². The Morgan fingerprint density at radius 1 is 1.33 bits per heavy atom. The quantitative estimate of drug-likeness (QED) is 0.665. The standard InChI is InChI=1S/C12H24O3/c1-5-7-11(10(6-2)8-13)15-12(14)9(3)4/h9-11,13H,5-8H2,1-4H3. The Bertz CT molecular complexity index is 174. The molecule has 0 aromatic carbocycles. The third kappa shape index (κ3) is 5.17. The molecule has 2 atom stereocenters. The number of carbonyl (C=O) groups excluding carboxylic acids is 1. The molecule has 0 bridgehead atoms. The highest BCUT2D eigenvalue weighted by molar-refractivity contribution is 5.71. The molecule has 0 aliphatic rings. The summed E-state index contributed by atoms with van der Waals surface area (Å²) in [4.78, 5) is 11.5. The van der Waals surface area contributed by atoms with Gasteiger partial charge in [-0.25, -0.2) is 0 Å². The summed E-state index contributed by atoms with van der Waals surface area (Å²) in [5.74, 6) is -0.187. The third-order valence-corrected chi connectivity index (χ3v) is 2.60. The second kappa shape index (κ2) is 7.69. The number of esters is 1. The summed E-state index contributed by atoms with van der Waals surface area (Å²) in [5.41, 5.74) is 0. The number of ether oxygens (including phenoxy) is 1. The maximum atomic E-state index is 11.5. The summed E-state index contributed by atoms with van der Waals surface area (Å²) in [6, 6.07) is 0. The van der Waals surface area contributed by atoms with Crippen LogP contribution in [0.1, 0.15) is 47.0 Å². The highest BCUT2D eigenvalue weighted by Crippen LogP contribution is 2.18. The number of carbonyl (C=O) groups is 1. The lowest BCUT2D eigenvalue weighted by atomic mass is 9.96. The van der Waals surface area contributed by atoms with Crippen molar-refractivity contribution in [3.63, 3.8) is 0 Å². The summed E-state index contributed by atoms with van der Waals surface area (Å²) in [7, 11) is 0. The summed E-state index contributed by atoms with van der Waals surface area (Å²) in [6.45, 7) is 7.80. The third-order valence-electron chi connectivity index (χ3n) is 2.60. The van der Waals surface area contributed by atoms with Gasteiger partial charge in [0.05, 0.1) is 5.92 Å². The zero-order valence-electron chi connectivity index (χ0n) is 10.3. The van der Waals surface area contributed by atoms with Crippen molar-refractivity contribution in [3.8, 4) is 0 Å². The minimum absolute atomic E-state index is 0.0765. The average molecular weight is 216 g/mol. The predicted molar refractivity (Wildman–Crippen MR) is 60.5 cm³/mol. The van der Waals surface area contributed by atoms with Crippen LogP contribution in [-0.2, 0) is 9.53 Å². The SMILES string of the molecule is CCCC(OC(=O)C(C)C)C(CC)CO. The van der Waals surface area contributed by atoms with Gasteiger partial charge in [-0.05, 0) is 12.8 Å². The Morgan fingerprint density at radius 3 is 2.27 bits per heavy atom. The Morgan fingerprint density at radius 2 is 1.93 bits per heavy atom. The molecule has 0 aromatic rings. The van der Waals surface area contributed by atoms with E-state index in [1.54, 1.807) is 0 Å². The molecule has 0 saturated heterocycles. The van der Waals surface area contributed by atoms with Gasteiger partial charge in [-0.15, -0.1) is 0 Å². The van der Waals surface area contributed by atoms with Crippen molar-refractivity contribution in [3.05, 3.63) is 0 Å². The fourth-order valence-corrected chi connectivity index (χ4v) is 1.47. The van der Waals surface area contributed by atoms with E-state index in [9.17, 15) is 9.90 Å². The van der Waals surface area contributed by atoms with E-state index in [0.29, 0.717) is 0 Å². The van der Waals surface area contributed by atoms with E-state index >= 15 is 0 Å².